The predicted molar refractivity (Wildman–Crippen MR) is 43.7 cm³/mol. The average molecular weight is 176 g/mol. The first-order valence-electron chi connectivity index (χ1n) is 3.98. The Morgan fingerprint density at radius 3 is 2.42 bits per heavy atom. The van der Waals surface area contributed by atoms with Crippen molar-refractivity contribution in [2.24, 2.45) is 0 Å². The molecule has 0 aromatic carbocycles. The quantitative estimate of drug-likeness (QED) is 0.613. The molecule has 4 nitrogen and oxygen atoms in total. The van der Waals surface area contributed by atoms with E-state index in [1.165, 1.54) is 0 Å². The third-order valence-corrected chi connectivity index (χ3v) is 1.13. The number of hydrogen-bond acceptors (Lipinski definition) is 4. The third kappa shape index (κ3) is 6.12. The molecule has 4 heteroatoms. The van der Waals surface area contributed by atoms with Gasteiger partial charge in [-0.05, 0) is 20.8 Å². The van der Waals surface area contributed by atoms with Gasteiger partial charge in [0.2, 0.25) is 0 Å². The fourth-order valence-electron chi connectivity index (χ4n) is 0.624. The molecule has 0 radical (unpaired) electrons. The molecule has 0 aliphatic carbocycles. The molecule has 1 N–H and O–H groups in total. The van der Waals surface area contributed by atoms with Gasteiger partial charge in [0.1, 0.15) is 12.7 Å². The van der Waals surface area contributed by atoms with Crippen molar-refractivity contribution in [2.45, 2.75) is 33.0 Å². The van der Waals surface area contributed by atoms with Crippen molar-refractivity contribution in [3.63, 3.8) is 0 Å². The van der Waals surface area contributed by atoms with E-state index < -0.39 is 12.6 Å². The smallest absolute Gasteiger partial charge is 0.332 e. The Hall–Kier alpha value is -0.610. The molecule has 0 aliphatic heterocycles. The van der Waals surface area contributed by atoms with Crippen LogP contribution in [-0.2, 0) is 14.3 Å². The lowest BCUT2D eigenvalue weighted by atomic mass is 10.4. The fraction of sp³-hybridized carbons (Fsp3) is 0.875. The standard InChI is InChI=1S/C8H16O4/c1-6(2)11-5-7(3)12-8(10)4-9/h6-7,9H,4-5H2,1-3H3. The molecule has 0 aromatic rings. The Morgan fingerprint density at radius 2 is 2.00 bits per heavy atom. The third-order valence-electron chi connectivity index (χ3n) is 1.13. The largest absolute Gasteiger partial charge is 0.459 e. The number of hydrogen-bond donors (Lipinski definition) is 1. The summed E-state index contributed by atoms with van der Waals surface area (Å²) in [6.45, 7) is 5.31. The van der Waals surface area contributed by atoms with E-state index in [4.69, 9.17) is 14.6 Å². The highest BCUT2D eigenvalue weighted by molar-refractivity contribution is 5.70. The van der Waals surface area contributed by atoms with E-state index in [9.17, 15) is 4.79 Å². The minimum absolute atomic E-state index is 0.125. The van der Waals surface area contributed by atoms with Gasteiger partial charge in [0.05, 0.1) is 12.7 Å². The van der Waals surface area contributed by atoms with Gasteiger partial charge in [-0.2, -0.15) is 0 Å². The second-order valence-corrected chi connectivity index (χ2v) is 2.84. The van der Waals surface area contributed by atoms with Crippen molar-refractivity contribution in [3.8, 4) is 0 Å². The molecule has 0 heterocycles. The van der Waals surface area contributed by atoms with Crippen LogP contribution in [0.4, 0.5) is 0 Å². The minimum Gasteiger partial charge on any atom is -0.459 e. The van der Waals surface area contributed by atoms with Crippen LogP contribution in [0.1, 0.15) is 20.8 Å². The van der Waals surface area contributed by atoms with E-state index >= 15 is 0 Å². The van der Waals surface area contributed by atoms with Crippen LogP contribution in [0.25, 0.3) is 0 Å². The Labute approximate surface area is 72.5 Å². The van der Waals surface area contributed by atoms with Crippen molar-refractivity contribution in [1.82, 2.24) is 0 Å². The van der Waals surface area contributed by atoms with Gasteiger partial charge in [0.25, 0.3) is 0 Å². The maximum Gasteiger partial charge on any atom is 0.332 e. The first-order valence-corrected chi connectivity index (χ1v) is 3.98. The zero-order valence-corrected chi connectivity index (χ0v) is 7.74. The first-order chi connectivity index (χ1) is 5.56. The van der Waals surface area contributed by atoms with Crippen molar-refractivity contribution in [1.29, 1.82) is 0 Å². The van der Waals surface area contributed by atoms with Gasteiger partial charge in [0, 0.05) is 0 Å². The van der Waals surface area contributed by atoms with Crippen LogP contribution in [0.15, 0.2) is 0 Å². The molecule has 0 spiro atoms. The molecule has 0 fully saturated rings. The van der Waals surface area contributed by atoms with Gasteiger partial charge >= 0.3 is 5.97 Å². The Morgan fingerprint density at radius 1 is 1.42 bits per heavy atom. The molecular weight excluding hydrogens is 160 g/mol. The van der Waals surface area contributed by atoms with Crippen LogP contribution in [0.3, 0.4) is 0 Å². The average Bonchev–Trinajstić information content (AvgIpc) is 2.00. The van der Waals surface area contributed by atoms with E-state index in [2.05, 4.69) is 0 Å². The van der Waals surface area contributed by atoms with Gasteiger partial charge in [-0.15, -0.1) is 0 Å². The first kappa shape index (κ1) is 11.4. The van der Waals surface area contributed by atoms with E-state index in [1.807, 2.05) is 13.8 Å². The fourth-order valence-corrected chi connectivity index (χ4v) is 0.624. The lowest BCUT2D eigenvalue weighted by Gasteiger charge is -2.14. The zero-order chi connectivity index (χ0) is 9.56. The predicted octanol–water partition coefficient (Wildman–Crippen LogP) is 0.335. The van der Waals surface area contributed by atoms with E-state index in [0.29, 0.717) is 6.61 Å². The highest BCUT2D eigenvalue weighted by atomic mass is 16.6. The van der Waals surface area contributed by atoms with Gasteiger partial charge in [-0.1, -0.05) is 0 Å². The minimum atomic E-state index is -0.616. The number of rotatable bonds is 5. The van der Waals surface area contributed by atoms with Gasteiger partial charge in [0.15, 0.2) is 0 Å². The molecular formula is C8H16O4. The maximum atomic E-state index is 10.5. The molecule has 0 aliphatic rings. The molecule has 72 valence electrons. The number of carbonyl (C=O) groups is 1. The van der Waals surface area contributed by atoms with Crippen LogP contribution in [0.5, 0.6) is 0 Å². The second-order valence-electron chi connectivity index (χ2n) is 2.84. The van der Waals surface area contributed by atoms with Crippen LogP contribution in [0, 0.1) is 0 Å². The summed E-state index contributed by atoms with van der Waals surface area (Å²) in [4.78, 5) is 10.5. The Kier molecular flexibility index (Phi) is 5.66. The zero-order valence-electron chi connectivity index (χ0n) is 7.74. The molecule has 0 bridgehead atoms. The highest BCUT2D eigenvalue weighted by Gasteiger charge is 2.08. The molecule has 0 saturated carbocycles. The lowest BCUT2D eigenvalue weighted by Crippen LogP contribution is -2.23. The van der Waals surface area contributed by atoms with E-state index in [0.717, 1.165) is 0 Å². The molecule has 1 unspecified atom stereocenters. The van der Waals surface area contributed by atoms with Crippen LogP contribution < -0.4 is 0 Å². The molecule has 0 aromatic heterocycles. The van der Waals surface area contributed by atoms with Gasteiger partial charge in [-0.25, -0.2) is 4.79 Å². The molecule has 0 amide bonds. The van der Waals surface area contributed by atoms with Crippen LogP contribution >= 0.6 is 0 Å². The summed E-state index contributed by atoms with van der Waals surface area (Å²) in [6, 6.07) is 0. The van der Waals surface area contributed by atoms with E-state index in [1.54, 1.807) is 6.92 Å². The summed E-state index contributed by atoms with van der Waals surface area (Å²) in [5, 5.41) is 8.35. The summed E-state index contributed by atoms with van der Waals surface area (Å²) in [6.07, 6.45) is -0.174. The number of aliphatic hydroxyl groups is 1. The van der Waals surface area contributed by atoms with Crippen molar-refractivity contribution in [3.05, 3.63) is 0 Å². The number of carbonyl (C=O) groups excluding carboxylic acids is 1. The monoisotopic (exact) mass is 176 g/mol. The van der Waals surface area contributed by atoms with Crippen molar-refractivity contribution in [2.75, 3.05) is 13.2 Å². The molecule has 0 saturated heterocycles. The summed E-state index contributed by atoms with van der Waals surface area (Å²) in [5.41, 5.74) is 0. The second kappa shape index (κ2) is 5.97. The summed E-state index contributed by atoms with van der Waals surface area (Å²) < 4.78 is 9.93. The number of aliphatic hydroxyl groups excluding tert-OH is 1. The normalized spacial score (nSPS) is 13.1. The van der Waals surface area contributed by atoms with Crippen LogP contribution in [-0.4, -0.2) is 36.5 Å². The SMILES string of the molecule is CC(C)OCC(C)OC(=O)CO. The van der Waals surface area contributed by atoms with E-state index in [-0.39, 0.29) is 12.2 Å². The summed E-state index contributed by atoms with van der Waals surface area (Å²) in [7, 11) is 0. The lowest BCUT2D eigenvalue weighted by molar-refractivity contribution is -0.155. The summed E-state index contributed by atoms with van der Waals surface area (Å²) in [5.74, 6) is -0.616. The topological polar surface area (TPSA) is 55.8 Å². The van der Waals surface area contributed by atoms with Crippen LogP contribution in [0.2, 0.25) is 0 Å². The maximum absolute atomic E-state index is 10.5. The summed E-state index contributed by atoms with van der Waals surface area (Å²) >= 11 is 0. The van der Waals surface area contributed by atoms with Crippen molar-refractivity contribution < 1.29 is 19.4 Å². The Balaban J connectivity index is 3.45. The molecule has 12 heavy (non-hydrogen) atoms. The number of ether oxygens (including phenoxy) is 2. The van der Waals surface area contributed by atoms with Gasteiger partial charge in [-0.3, -0.25) is 0 Å². The van der Waals surface area contributed by atoms with Crippen molar-refractivity contribution >= 4 is 5.97 Å². The molecule has 0 rings (SSSR count). The number of esters is 1. The molecule has 1 atom stereocenters. The Bertz CT molecular complexity index is 133. The highest BCUT2D eigenvalue weighted by Crippen LogP contribution is 1.95. The van der Waals surface area contributed by atoms with Gasteiger partial charge < -0.3 is 14.6 Å².